The zero-order valence-corrected chi connectivity index (χ0v) is 12.2. The number of nitrogens with zero attached hydrogens (tertiary/aromatic N) is 2. The van der Waals surface area contributed by atoms with Crippen LogP contribution in [0.15, 0.2) is 30.3 Å². The summed E-state index contributed by atoms with van der Waals surface area (Å²) >= 11 is 0. The van der Waals surface area contributed by atoms with Crippen LogP contribution in [0.2, 0.25) is 0 Å². The normalized spacial score (nSPS) is 11.2. The highest BCUT2D eigenvalue weighted by molar-refractivity contribution is 5.85. The average molecular weight is 284 g/mol. The molecule has 5 heteroatoms. The van der Waals surface area contributed by atoms with Crippen LogP contribution in [0, 0.1) is 5.82 Å². The second-order valence-corrected chi connectivity index (χ2v) is 5.37. The fourth-order valence-electron chi connectivity index (χ4n) is 1.76. The van der Waals surface area contributed by atoms with E-state index >= 15 is 0 Å². The van der Waals surface area contributed by atoms with Gasteiger partial charge >= 0.3 is 0 Å². The monoisotopic (exact) mass is 283 g/mol. The Morgan fingerprint density at radius 2 is 1.95 bits per heavy atom. The molecule has 104 valence electrons. The van der Waals surface area contributed by atoms with E-state index in [4.69, 9.17) is 5.73 Å². The van der Waals surface area contributed by atoms with E-state index in [0.29, 0.717) is 12.2 Å². The third-order valence-electron chi connectivity index (χ3n) is 2.81. The number of hydrogen-bond acceptors (Lipinski definition) is 2. The molecule has 1 aromatic carbocycles. The molecule has 0 spiro atoms. The quantitative estimate of drug-likeness (QED) is 0.920. The fraction of sp³-hybridized carbons (Fsp3) is 0.357. The summed E-state index contributed by atoms with van der Waals surface area (Å²) < 4.78 is 15.0. The van der Waals surface area contributed by atoms with Crippen LogP contribution in [-0.4, -0.2) is 9.78 Å². The van der Waals surface area contributed by atoms with Gasteiger partial charge in [-0.3, -0.25) is 0 Å². The maximum atomic E-state index is 13.3. The van der Waals surface area contributed by atoms with Gasteiger partial charge in [-0.1, -0.05) is 26.8 Å². The largest absolute Gasteiger partial charge is 0.325 e. The third kappa shape index (κ3) is 3.33. The van der Waals surface area contributed by atoms with E-state index in [0.717, 1.165) is 11.4 Å². The van der Waals surface area contributed by atoms with Crippen LogP contribution < -0.4 is 5.73 Å². The molecule has 2 N–H and O–H groups in total. The lowest BCUT2D eigenvalue weighted by molar-refractivity contribution is 0.559. The minimum atomic E-state index is -0.275. The van der Waals surface area contributed by atoms with Gasteiger partial charge in [0.05, 0.1) is 17.1 Å². The average Bonchev–Trinajstić information content (AvgIpc) is 2.72. The van der Waals surface area contributed by atoms with E-state index in [-0.39, 0.29) is 23.6 Å². The van der Waals surface area contributed by atoms with Crippen molar-refractivity contribution in [2.75, 3.05) is 0 Å². The SMILES string of the molecule is CC(C)(C)c1cc(CN)n(-c2cccc(F)c2)n1.Cl. The van der Waals surface area contributed by atoms with Crippen molar-refractivity contribution in [2.24, 2.45) is 5.73 Å². The van der Waals surface area contributed by atoms with E-state index in [1.54, 1.807) is 10.7 Å². The van der Waals surface area contributed by atoms with Crippen molar-refractivity contribution in [3.63, 3.8) is 0 Å². The minimum Gasteiger partial charge on any atom is -0.325 e. The van der Waals surface area contributed by atoms with Crippen LogP contribution >= 0.6 is 12.4 Å². The smallest absolute Gasteiger partial charge is 0.125 e. The number of hydrogen-bond donors (Lipinski definition) is 1. The van der Waals surface area contributed by atoms with E-state index in [1.165, 1.54) is 12.1 Å². The molecule has 0 aliphatic rings. The molecule has 0 aliphatic carbocycles. The first kappa shape index (κ1) is 15.7. The molecule has 0 radical (unpaired) electrons. The van der Waals surface area contributed by atoms with Gasteiger partial charge in [-0.2, -0.15) is 5.10 Å². The summed E-state index contributed by atoms with van der Waals surface area (Å²) in [5.41, 5.74) is 8.21. The van der Waals surface area contributed by atoms with Crippen LogP contribution in [-0.2, 0) is 12.0 Å². The van der Waals surface area contributed by atoms with Gasteiger partial charge in [-0.25, -0.2) is 9.07 Å². The number of benzene rings is 1. The molecule has 1 aromatic heterocycles. The number of halogens is 2. The Labute approximate surface area is 119 Å². The summed E-state index contributed by atoms with van der Waals surface area (Å²) in [5.74, 6) is -0.275. The Morgan fingerprint density at radius 1 is 1.26 bits per heavy atom. The molecule has 0 amide bonds. The van der Waals surface area contributed by atoms with Gasteiger partial charge in [-0.15, -0.1) is 12.4 Å². The standard InChI is InChI=1S/C14H18FN3.ClH/c1-14(2,3)13-8-12(9-16)18(17-13)11-6-4-5-10(15)7-11;/h4-8H,9,16H2,1-3H3;1H. The summed E-state index contributed by atoms with van der Waals surface area (Å²) in [6.45, 7) is 6.64. The first-order valence-electron chi connectivity index (χ1n) is 5.97. The van der Waals surface area contributed by atoms with Crippen molar-refractivity contribution >= 4 is 12.4 Å². The van der Waals surface area contributed by atoms with Gasteiger partial charge in [0.1, 0.15) is 5.82 Å². The number of nitrogens with two attached hydrogens (primary N) is 1. The fourth-order valence-corrected chi connectivity index (χ4v) is 1.76. The van der Waals surface area contributed by atoms with Gasteiger partial charge in [-0.05, 0) is 24.3 Å². The molecule has 0 unspecified atom stereocenters. The number of aromatic nitrogens is 2. The highest BCUT2D eigenvalue weighted by Gasteiger charge is 2.19. The molecule has 0 saturated heterocycles. The van der Waals surface area contributed by atoms with Gasteiger partial charge in [0, 0.05) is 12.0 Å². The van der Waals surface area contributed by atoms with E-state index in [9.17, 15) is 4.39 Å². The molecule has 19 heavy (non-hydrogen) atoms. The van der Waals surface area contributed by atoms with Gasteiger partial charge < -0.3 is 5.73 Å². The minimum absolute atomic E-state index is 0. The van der Waals surface area contributed by atoms with Crippen molar-refractivity contribution in [3.8, 4) is 5.69 Å². The topological polar surface area (TPSA) is 43.8 Å². The molecule has 2 rings (SSSR count). The summed E-state index contributed by atoms with van der Waals surface area (Å²) in [5, 5.41) is 4.53. The van der Waals surface area contributed by atoms with Gasteiger partial charge in [0.2, 0.25) is 0 Å². The van der Waals surface area contributed by atoms with Crippen LogP contribution in [0.5, 0.6) is 0 Å². The van der Waals surface area contributed by atoms with E-state index < -0.39 is 0 Å². The third-order valence-corrected chi connectivity index (χ3v) is 2.81. The highest BCUT2D eigenvalue weighted by Crippen LogP contribution is 2.23. The summed E-state index contributed by atoms with van der Waals surface area (Å²) in [6.07, 6.45) is 0. The maximum absolute atomic E-state index is 13.3. The lowest BCUT2D eigenvalue weighted by Crippen LogP contribution is -2.12. The zero-order valence-electron chi connectivity index (χ0n) is 11.4. The Hall–Kier alpha value is -1.39. The molecule has 0 fully saturated rings. The van der Waals surface area contributed by atoms with E-state index in [1.807, 2.05) is 12.1 Å². The van der Waals surface area contributed by atoms with Crippen molar-refractivity contribution in [2.45, 2.75) is 32.7 Å². The van der Waals surface area contributed by atoms with E-state index in [2.05, 4.69) is 25.9 Å². The molecule has 0 saturated carbocycles. The van der Waals surface area contributed by atoms with Crippen LogP contribution in [0.4, 0.5) is 4.39 Å². The van der Waals surface area contributed by atoms with Crippen molar-refractivity contribution < 1.29 is 4.39 Å². The molecule has 0 aliphatic heterocycles. The predicted octanol–water partition coefficient (Wildman–Crippen LogP) is 3.19. The van der Waals surface area contributed by atoms with Crippen LogP contribution in [0.25, 0.3) is 5.69 Å². The zero-order chi connectivity index (χ0) is 13.3. The van der Waals surface area contributed by atoms with Crippen LogP contribution in [0.3, 0.4) is 0 Å². The summed E-state index contributed by atoms with van der Waals surface area (Å²) in [7, 11) is 0. The second-order valence-electron chi connectivity index (χ2n) is 5.37. The Morgan fingerprint density at radius 3 is 2.47 bits per heavy atom. The van der Waals surface area contributed by atoms with Gasteiger partial charge in [0.15, 0.2) is 0 Å². The lowest BCUT2D eigenvalue weighted by Gasteiger charge is -2.14. The first-order chi connectivity index (χ1) is 8.41. The molecule has 2 aromatic rings. The van der Waals surface area contributed by atoms with Crippen LogP contribution in [0.1, 0.15) is 32.2 Å². The van der Waals surface area contributed by atoms with Crippen molar-refractivity contribution in [3.05, 3.63) is 47.5 Å². The first-order valence-corrected chi connectivity index (χ1v) is 5.97. The Balaban J connectivity index is 0.00000180. The molecule has 0 atom stereocenters. The van der Waals surface area contributed by atoms with Crippen molar-refractivity contribution in [1.29, 1.82) is 0 Å². The summed E-state index contributed by atoms with van der Waals surface area (Å²) in [4.78, 5) is 0. The Bertz CT molecular complexity index is 558. The van der Waals surface area contributed by atoms with Gasteiger partial charge in [0.25, 0.3) is 0 Å². The lowest BCUT2D eigenvalue weighted by atomic mass is 9.92. The summed E-state index contributed by atoms with van der Waals surface area (Å²) in [6, 6.07) is 8.34. The van der Waals surface area contributed by atoms with Crippen molar-refractivity contribution in [1.82, 2.24) is 9.78 Å². The number of rotatable bonds is 2. The molecular formula is C14H19ClFN3. The highest BCUT2D eigenvalue weighted by atomic mass is 35.5. The molecule has 1 heterocycles. The maximum Gasteiger partial charge on any atom is 0.125 e. The molecule has 0 bridgehead atoms. The molecule has 3 nitrogen and oxygen atoms in total. The predicted molar refractivity (Wildman–Crippen MR) is 77.4 cm³/mol. The molecular weight excluding hydrogens is 265 g/mol. The Kier molecular flexibility index (Phi) is 4.71. The second kappa shape index (κ2) is 5.72.